The molecule has 0 heterocycles. The molecule has 5 heteroatoms. The Labute approximate surface area is 116 Å². The van der Waals surface area contributed by atoms with Crippen LogP contribution in [-0.4, -0.2) is 23.4 Å². The molecular formula is C14H18FNO2S. The van der Waals surface area contributed by atoms with Gasteiger partial charge < -0.3 is 10.5 Å². The summed E-state index contributed by atoms with van der Waals surface area (Å²) in [6.45, 7) is 2.12. The zero-order valence-corrected chi connectivity index (χ0v) is 11.7. The molecule has 0 saturated heterocycles. The number of benzene rings is 1. The molecule has 2 N–H and O–H groups in total. The first-order valence-electron chi connectivity index (χ1n) is 6.42. The van der Waals surface area contributed by atoms with Gasteiger partial charge in [0, 0.05) is 10.1 Å². The van der Waals surface area contributed by atoms with Crippen molar-refractivity contribution in [3.05, 3.63) is 30.1 Å². The second kappa shape index (κ2) is 5.92. The average Bonchev–Trinajstić information content (AvgIpc) is 2.73. The highest BCUT2D eigenvalue weighted by molar-refractivity contribution is 8.00. The lowest BCUT2D eigenvalue weighted by atomic mass is 10.00. The van der Waals surface area contributed by atoms with E-state index in [9.17, 15) is 9.18 Å². The van der Waals surface area contributed by atoms with Crippen LogP contribution in [0.15, 0.2) is 29.2 Å². The molecule has 0 spiro atoms. The molecule has 0 aliphatic heterocycles. The third-order valence-corrected chi connectivity index (χ3v) is 4.55. The fraction of sp³-hybridized carbons (Fsp3) is 0.500. The molecule has 3 nitrogen and oxygen atoms in total. The molecule has 0 aromatic heterocycles. The predicted molar refractivity (Wildman–Crippen MR) is 73.4 cm³/mol. The summed E-state index contributed by atoms with van der Waals surface area (Å²) in [5.41, 5.74) is 5.23. The Morgan fingerprint density at radius 2 is 2.42 bits per heavy atom. The highest BCUT2D eigenvalue weighted by atomic mass is 32.2. The van der Waals surface area contributed by atoms with Crippen LogP contribution in [0.4, 0.5) is 4.39 Å². The first-order valence-corrected chi connectivity index (χ1v) is 7.30. The Morgan fingerprint density at radius 1 is 1.63 bits per heavy atom. The molecule has 2 atom stereocenters. The van der Waals surface area contributed by atoms with Crippen molar-refractivity contribution in [2.75, 3.05) is 6.61 Å². The van der Waals surface area contributed by atoms with E-state index < -0.39 is 5.54 Å². The lowest BCUT2D eigenvalue weighted by Gasteiger charge is -2.21. The van der Waals surface area contributed by atoms with Crippen LogP contribution in [0, 0.1) is 5.82 Å². The van der Waals surface area contributed by atoms with E-state index in [1.807, 2.05) is 6.07 Å². The molecule has 1 fully saturated rings. The van der Waals surface area contributed by atoms with Crippen molar-refractivity contribution in [1.29, 1.82) is 0 Å². The molecule has 2 unspecified atom stereocenters. The largest absolute Gasteiger partial charge is 0.465 e. The van der Waals surface area contributed by atoms with Crippen LogP contribution in [0.3, 0.4) is 0 Å². The molecule has 104 valence electrons. The average molecular weight is 283 g/mol. The summed E-state index contributed by atoms with van der Waals surface area (Å²) < 4.78 is 18.1. The molecule has 1 saturated carbocycles. The Hall–Kier alpha value is -1.07. The normalized spacial score (nSPS) is 26.4. The van der Waals surface area contributed by atoms with Gasteiger partial charge >= 0.3 is 5.97 Å². The fourth-order valence-electron chi connectivity index (χ4n) is 2.32. The minimum Gasteiger partial charge on any atom is -0.465 e. The third kappa shape index (κ3) is 3.48. The van der Waals surface area contributed by atoms with E-state index in [-0.39, 0.29) is 17.0 Å². The molecular weight excluding hydrogens is 265 g/mol. The van der Waals surface area contributed by atoms with Crippen LogP contribution in [0.2, 0.25) is 0 Å². The smallest absolute Gasteiger partial charge is 0.326 e. The Morgan fingerprint density at radius 3 is 3.11 bits per heavy atom. The SMILES string of the molecule is CCOC(=O)C1(N)CCC(Sc2cccc(F)c2)C1. The summed E-state index contributed by atoms with van der Waals surface area (Å²) in [5, 5.41) is 0.233. The number of carbonyl (C=O) groups excluding carboxylic acids is 1. The fourth-order valence-corrected chi connectivity index (χ4v) is 3.66. The summed E-state index contributed by atoms with van der Waals surface area (Å²) in [6.07, 6.45) is 2.04. The van der Waals surface area contributed by atoms with E-state index in [0.717, 1.165) is 11.3 Å². The number of rotatable bonds is 4. The van der Waals surface area contributed by atoms with Gasteiger partial charge in [-0.3, -0.25) is 4.79 Å². The zero-order chi connectivity index (χ0) is 13.9. The summed E-state index contributed by atoms with van der Waals surface area (Å²) >= 11 is 1.58. The molecule has 1 aromatic carbocycles. The van der Waals surface area contributed by atoms with Crippen LogP contribution < -0.4 is 5.73 Å². The van der Waals surface area contributed by atoms with E-state index in [0.29, 0.717) is 19.4 Å². The molecule has 2 rings (SSSR count). The van der Waals surface area contributed by atoms with Gasteiger partial charge in [0.05, 0.1) is 6.61 Å². The van der Waals surface area contributed by atoms with Crippen molar-refractivity contribution in [2.24, 2.45) is 5.73 Å². The number of hydrogen-bond donors (Lipinski definition) is 1. The molecule has 0 bridgehead atoms. The van der Waals surface area contributed by atoms with Gasteiger partial charge in [-0.1, -0.05) is 6.07 Å². The molecule has 19 heavy (non-hydrogen) atoms. The number of thioether (sulfide) groups is 1. The topological polar surface area (TPSA) is 52.3 Å². The van der Waals surface area contributed by atoms with Crippen molar-refractivity contribution in [1.82, 2.24) is 0 Å². The maximum atomic E-state index is 13.1. The van der Waals surface area contributed by atoms with E-state index in [1.54, 1.807) is 24.8 Å². The van der Waals surface area contributed by atoms with Crippen molar-refractivity contribution in [2.45, 2.75) is 41.9 Å². The maximum Gasteiger partial charge on any atom is 0.326 e. The van der Waals surface area contributed by atoms with Crippen LogP contribution in [0.1, 0.15) is 26.2 Å². The number of esters is 1. The van der Waals surface area contributed by atoms with Gasteiger partial charge in [0.2, 0.25) is 0 Å². The Kier molecular flexibility index (Phi) is 4.47. The van der Waals surface area contributed by atoms with E-state index in [1.165, 1.54) is 12.1 Å². The standard InChI is InChI=1S/C14H18FNO2S/c1-2-18-13(17)14(16)7-6-12(9-14)19-11-5-3-4-10(15)8-11/h3-5,8,12H,2,6-7,9,16H2,1H3. The lowest BCUT2D eigenvalue weighted by molar-refractivity contribution is -0.149. The molecule has 0 amide bonds. The predicted octanol–water partition coefficient (Wildman–Crippen LogP) is 2.73. The quantitative estimate of drug-likeness (QED) is 0.863. The van der Waals surface area contributed by atoms with Crippen LogP contribution in [-0.2, 0) is 9.53 Å². The van der Waals surface area contributed by atoms with Crippen molar-refractivity contribution in [3.8, 4) is 0 Å². The van der Waals surface area contributed by atoms with E-state index >= 15 is 0 Å². The Balaban J connectivity index is 1.97. The number of carbonyl (C=O) groups is 1. The third-order valence-electron chi connectivity index (χ3n) is 3.29. The first-order chi connectivity index (χ1) is 9.03. The van der Waals surface area contributed by atoms with Crippen LogP contribution in [0.25, 0.3) is 0 Å². The van der Waals surface area contributed by atoms with Gasteiger partial charge in [0.1, 0.15) is 11.4 Å². The zero-order valence-electron chi connectivity index (χ0n) is 10.9. The van der Waals surface area contributed by atoms with E-state index in [2.05, 4.69) is 0 Å². The highest BCUT2D eigenvalue weighted by Gasteiger charge is 2.43. The number of hydrogen-bond acceptors (Lipinski definition) is 4. The highest BCUT2D eigenvalue weighted by Crippen LogP contribution is 2.39. The minimum absolute atomic E-state index is 0.233. The van der Waals surface area contributed by atoms with Gasteiger partial charge in [-0.15, -0.1) is 11.8 Å². The summed E-state index contributed by atoms with van der Waals surface area (Å²) in [6, 6.07) is 6.48. The van der Waals surface area contributed by atoms with E-state index in [4.69, 9.17) is 10.5 Å². The van der Waals surface area contributed by atoms with Gasteiger partial charge in [-0.2, -0.15) is 0 Å². The van der Waals surface area contributed by atoms with Crippen molar-refractivity contribution in [3.63, 3.8) is 0 Å². The summed E-state index contributed by atoms with van der Waals surface area (Å²) in [7, 11) is 0. The molecule has 1 aliphatic rings. The monoisotopic (exact) mass is 283 g/mol. The van der Waals surface area contributed by atoms with Crippen molar-refractivity contribution >= 4 is 17.7 Å². The van der Waals surface area contributed by atoms with Crippen molar-refractivity contribution < 1.29 is 13.9 Å². The maximum absolute atomic E-state index is 13.1. The molecule has 1 aliphatic carbocycles. The second-order valence-corrected chi connectivity index (χ2v) is 6.19. The van der Waals surface area contributed by atoms with Crippen LogP contribution >= 0.6 is 11.8 Å². The summed E-state index contributed by atoms with van der Waals surface area (Å²) in [5.74, 6) is -0.565. The molecule has 0 radical (unpaired) electrons. The minimum atomic E-state index is -0.874. The number of halogens is 1. The number of ether oxygens (including phenoxy) is 1. The first kappa shape index (κ1) is 14.3. The lowest BCUT2D eigenvalue weighted by Crippen LogP contribution is -2.47. The summed E-state index contributed by atoms with van der Waals surface area (Å²) in [4.78, 5) is 12.7. The van der Waals surface area contributed by atoms with Gasteiger partial charge in [0.15, 0.2) is 0 Å². The van der Waals surface area contributed by atoms with Crippen LogP contribution in [0.5, 0.6) is 0 Å². The number of nitrogens with two attached hydrogens (primary N) is 1. The van der Waals surface area contributed by atoms with Gasteiger partial charge in [-0.25, -0.2) is 4.39 Å². The van der Waals surface area contributed by atoms with Gasteiger partial charge in [0.25, 0.3) is 0 Å². The second-order valence-electron chi connectivity index (χ2n) is 4.82. The molecule has 1 aromatic rings. The van der Waals surface area contributed by atoms with Gasteiger partial charge in [-0.05, 0) is 44.4 Å². The Bertz CT molecular complexity index is 469.